The quantitative estimate of drug-likeness (QED) is 0.238. The monoisotopic (exact) mass is 458 g/mol. The summed E-state index contributed by atoms with van der Waals surface area (Å²) >= 11 is 0. The van der Waals surface area contributed by atoms with Gasteiger partial charge in [-0.25, -0.2) is 0 Å². The zero-order valence-electron chi connectivity index (χ0n) is 20.4. The Kier molecular flexibility index (Phi) is 11.6. The Morgan fingerprint density at radius 2 is 1.41 bits per heavy atom. The first-order valence-electron chi connectivity index (χ1n) is 11.9. The van der Waals surface area contributed by atoms with Gasteiger partial charge in [-0.15, -0.1) is 0 Å². The van der Waals surface area contributed by atoms with Crippen LogP contribution in [0.1, 0.15) is 52.9 Å². The SMILES string of the molecule is COCOCC(CO)CCCCCCO[Si](c1ccccc1)(c1ccccc1)C(C)(C)C. The van der Waals surface area contributed by atoms with Crippen LogP contribution >= 0.6 is 0 Å². The van der Waals surface area contributed by atoms with E-state index in [0.717, 1.165) is 38.7 Å². The summed E-state index contributed by atoms with van der Waals surface area (Å²) in [6, 6.07) is 21.6. The number of aliphatic hydroxyl groups is 1. The van der Waals surface area contributed by atoms with Crippen molar-refractivity contribution in [3.63, 3.8) is 0 Å². The average Bonchev–Trinajstić information content (AvgIpc) is 2.80. The Hall–Kier alpha value is -1.50. The van der Waals surface area contributed by atoms with Gasteiger partial charge in [-0.2, -0.15) is 0 Å². The molecule has 0 amide bonds. The summed E-state index contributed by atoms with van der Waals surface area (Å²) < 4.78 is 17.2. The van der Waals surface area contributed by atoms with E-state index >= 15 is 0 Å². The molecule has 2 aromatic carbocycles. The van der Waals surface area contributed by atoms with Gasteiger partial charge in [-0.1, -0.05) is 101 Å². The number of methoxy groups -OCH3 is 1. The largest absolute Gasteiger partial charge is 0.407 e. The predicted molar refractivity (Wildman–Crippen MR) is 135 cm³/mol. The lowest BCUT2D eigenvalue weighted by atomic mass is 10.0. The van der Waals surface area contributed by atoms with Gasteiger partial charge in [0.15, 0.2) is 0 Å². The van der Waals surface area contributed by atoms with E-state index in [1.165, 1.54) is 10.4 Å². The van der Waals surface area contributed by atoms with E-state index in [2.05, 4.69) is 81.4 Å². The molecular weight excluding hydrogens is 416 g/mol. The highest BCUT2D eigenvalue weighted by Gasteiger charge is 2.49. The van der Waals surface area contributed by atoms with Crippen molar-refractivity contribution >= 4 is 18.7 Å². The van der Waals surface area contributed by atoms with Gasteiger partial charge in [0.05, 0.1) is 6.61 Å². The maximum atomic E-state index is 9.51. The first kappa shape index (κ1) is 26.7. The third kappa shape index (κ3) is 7.53. The highest BCUT2D eigenvalue weighted by Crippen LogP contribution is 2.36. The lowest BCUT2D eigenvalue weighted by Gasteiger charge is -2.43. The maximum Gasteiger partial charge on any atom is 0.261 e. The number of benzene rings is 2. The summed E-state index contributed by atoms with van der Waals surface area (Å²) in [6.07, 6.45) is 5.41. The minimum atomic E-state index is -2.42. The standard InChI is InChI=1S/C27H42O4Si/c1-27(2,3)32(25-16-10-7-11-17-25,26-18-12-8-13-19-26)31-20-14-6-5-9-15-24(21-28)22-30-23-29-4/h7-8,10-13,16-19,24,28H,5-6,9,14-15,20-23H2,1-4H3. The molecule has 178 valence electrons. The topological polar surface area (TPSA) is 47.9 Å². The van der Waals surface area contributed by atoms with Gasteiger partial charge in [0.1, 0.15) is 6.79 Å². The third-order valence-corrected chi connectivity index (χ3v) is 11.1. The fourth-order valence-electron chi connectivity index (χ4n) is 4.40. The molecular formula is C27H42O4Si. The maximum absolute atomic E-state index is 9.51. The van der Waals surface area contributed by atoms with Crippen LogP contribution in [0.4, 0.5) is 0 Å². The molecule has 0 aromatic heterocycles. The predicted octanol–water partition coefficient (Wildman–Crippen LogP) is 4.74. The zero-order chi connectivity index (χ0) is 23.3. The summed E-state index contributed by atoms with van der Waals surface area (Å²) in [5, 5.41) is 12.2. The molecule has 32 heavy (non-hydrogen) atoms. The van der Waals surface area contributed by atoms with Crippen LogP contribution in [-0.2, 0) is 13.9 Å². The summed E-state index contributed by atoms with van der Waals surface area (Å²) in [6.45, 7) is 8.74. The number of hydrogen-bond acceptors (Lipinski definition) is 4. The normalized spacial score (nSPS) is 13.3. The van der Waals surface area contributed by atoms with Gasteiger partial charge in [-0.3, -0.25) is 0 Å². The van der Waals surface area contributed by atoms with Crippen LogP contribution in [0.25, 0.3) is 0 Å². The summed E-state index contributed by atoms with van der Waals surface area (Å²) in [5.74, 6) is 0.193. The fraction of sp³-hybridized carbons (Fsp3) is 0.556. The van der Waals surface area contributed by atoms with Gasteiger partial charge in [0.25, 0.3) is 8.32 Å². The van der Waals surface area contributed by atoms with Crippen LogP contribution in [0, 0.1) is 5.92 Å². The number of aliphatic hydroxyl groups excluding tert-OH is 1. The van der Waals surface area contributed by atoms with E-state index < -0.39 is 8.32 Å². The second-order valence-electron chi connectivity index (χ2n) is 9.54. The third-order valence-electron chi connectivity index (χ3n) is 6.06. The lowest BCUT2D eigenvalue weighted by Crippen LogP contribution is -2.66. The molecule has 0 fully saturated rings. The molecule has 0 saturated carbocycles. The van der Waals surface area contributed by atoms with Crippen molar-refractivity contribution < 1.29 is 19.0 Å². The molecule has 1 N–H and O–H groups in total. The van der Waals surface area contributed by atoms with Crippen molar-refractivity contribution in [1.29, 1.82) is 0 Å². The highest BCUT2D eigenvalue weighted by molar-refractivity contribution is 6.99. The van der Waals surface area contributed by atoms with E-state index in [1.807, 2.05) is 0 Å². The molecule has 0 aliphatic rings. The van der Waals surface area contributed by atoms with Crippen molar-refractivity contribution in [1.82, 2.24) is 0 Å². The molecule has 0 radical (unpaired) electrons. The Bertz CT molecular complexity index is 691. The average molecular weight is 459 g/mol. The number of ether oxygens (including phenoxy) is 2. The van der Waals surface area contributed by atoms with E-state index in [9.17, 15) is 5.11 Å². The van der Waals surface area contributed by atoms with Crippen molar-refractivity contribution in [3.05, 3.63) is 60.7 Å². The van der Waals surface area contributed by atoms with Crippen LogP contribution in [0.5, 0.6) is 0 Å². The first-order chi connectivity index (χ1) is 15.5. The Balaban J connectivity index is 1.95. The molecule has 0 spiro atoms. The summed E-state index contributed by atoms with van der Waals surface area (Å²) in [4.78, 5) is 0. The number of unbranched alkanes of at least 4 members (excludes halogenated alkanes) is 3. The van der Waals surface area contributed by atoms with Crippen molar-refractivity contribution in [2.24, 2.45) is 5.92 Å². The minimum Gasteiger partial charge on any atom is -0.407 e. The van der Waals surface area contributed by atoms with Crippen LogP contribution in [0.3, 0.4) is 0 Å². The van der Waals surface area contributed by atoms with Gasteiger partial charge in [0, 0.05) is 26.2 Å². The molecule has 5 heteroatoms. The minimum absolute atomic E-state index is 0.0201. The van der Waals surface area contributed by atoms with Gasteiger partial charge < -0.3 is 19.0 Å². The fourth-order valence-corrected chi connectivity index (χ4v) is 9.01. The lowest BCUT2D eigenvalue weighted by molar-refractivity contribution is -0.0502. The van der Waals surface area contributed by atoms with E-state index in [0.29, 0.717) is 6.61 Å². The molecule has 4 nitrogen and oxygen atoms in total. The van der Waals surface area contributed by atoms with E-state index in [1.54, 1.807) is 7.11 Å². The second kappa shape index (κ2) is 13.9. The molecule has 0 bridgehead atoms. The molecule has 0 aliphatic carbocycles. The van der Waals surface area contributed by atoms with Crippen molar-refractivity contribution in [2.45, 2.75) is 57.9 Å². The van der Waals surface area contributed by atoms with Gasteiger partial charge >= 0.3 is 0 Å². The van der Waals surface area contributed by atoms with Crippen molar-refractivity contribution in [3.8, 4) is 0 Å². The summed E-state index contributed by atoms with van der Waals surface area (Å²) in [7, 11) is -0.808. The van der Waals surface area contributed by atoms with Crippen LogP contribution in [-0.4, -0.2) is 47.1 Å². The molecule has 0 saturated heterocycles. The summed E-state index contributed by atoms with van der Waals surface area (Å²) in [5.41, 5.74) is 0. The molecule has 1 atom stereocenters. The molecule has 2 rings (SSSR count). The molecule has 2 aromatic rings. The second-order valence-corrected chi connectivity index (χ2v) is 13.8. The first-order valence-corrected chi connectivity index (χ1v) is 13.8. The number of hydrogen-bond donors (Lipinski definition) is 1. The Labute approximate surface area is 196 Å². The molecule has 0 heterocycles. The Morgan fingerprint density at radius 3 is 1.91 bits per heavy atom. The van der Waals surface area contributed by atoms with Crippen LogP contribution in [0.2, 0.25) is 5.04 Å². The Morgan fingerprint density at radius 1 is 0.844 bits per heavy atom. The molecule has 0 aliphatic heterocycles. The smallest absolute Gasteiger partial charge is 0.261 e. The highest BCUT2D eigenvalue weighted by atomic mass is 28.4. The van der Waals surface area contributed by atoms with E-state index in [-0.39, 0.29) is 24.4 Å². The van der Waals surface area contributed by atoms with Gasteiger partial charge in [0.2, 0.25) is 0 Å². The van der Waals surface area contributed by atoms with Crippen molar-refractivity contribution in [2.75, 3.05) is 33.7 Å². The number of rotatable bonds is 15. The molecule has 1 unspecified atom stereocenters. The van der Waals surface area contributed by atoms with Gasteiger partial charge in [-0.05, 0) is 28.3 Å². The van der Waals surface area contributed by atoms with Crippen LogP contribution in [0.15, 0.2) is 60.7 Å². The zero-order valence-corrected chi connectivity index (χ0v) is 21.4. The van der Waals surface area contributed by atoms with Crippen LogP contribution < -0.4 is 10.4 Å². The van der Waals surface area contributed by atoms with E-state index in [4.69, 9.17) is 13.9 Å².